The van der Waals surface area contributed by atoms with Crippen LogP contribution in [-0.2, 0) is 0 Å². The molecule has 0 bridgehead atoms. The zero-order valence-electron chi connectivity index (χ0n) is 12.6. The Labute approximate surface area is 115 Å². The molecule has 0 amide bonds. The van der Waals surface area contributed by atoms with Gasteiger partial charge in [0.25, 0.3) is 0 Å². The Morgan fingerprint density at radius 3 is 2.11 bits per heavy atom. The van der Waals surface area contributed by atoms with Crippen molar-refractivity contribution in [3.63, 3.8) is 0 Å². The van der Waals surface area contributed by atoms with Crippen LogP contribution in [0.4, 0.5) is 0 Å². The van der Waals surface area contributed by atoms with Crippen LogP contribution in [0.25, 0.3) is 0 Å². The normalized spacial score (nSPS) is 25.7. The van der Waals surface area contributed by atoms with Gasteiger partial charge in [0.2, 0.25) is 0 Å². The zero-order chi connectivity index (χ0) is 12.8. The molecule has 0 atom stereocenters. The molecule has 2 radical (unpaired) electrons. The molecule has 0 nitrogen and oxygen atoms in total. The van der Waals surface area contributed by atoms with Crippen molar-refractivity contribution in [2.45, 2.75) is 90.9 Å². The van der Waals surface area contributed by atoms with Crippen LogP contribution in [0.15, 0.2) is 0 Å². The predicted molar refractivity (Wildman–Crippen MR) is 80.2 cm³/mol. The van der Waals surface area contributed by atoms with Crippen molar-refractivity contribution in [3.8, 4) is 0 Å². The molecule has 0 unspecified atom stereocenters. The zero-order valence-corrected chi connectivity index (χ0v) is 12.6. The van der Waals surface area contributed by atoms with E-state index in [2.05, 4.69) is 13.8 Å². The van der Waals surface area contributed by atoms with E-state index in [4.69, 9.17) is 0 Å². The van der Waals surface area contributed by atoms with Gasteiger partial charge < -0.3 is 0 Å². The Kier molecular flexibility index (Phi) is 6.05. The van der Waals surface area contributed by atoms with Crippen LogP contribution in [0.5, 0.6) is 0 Å². The molecule has 18 heavy (non-hydrogen) atoms. The average Bonchev–Trinajstić information content (AvgIpc) is 2.46. The van der Waals surface area contributed by atoms with Crippen molar-refractivity contribution < 1.29 is 0 Å². The van der Waals surface area contributed by atoms with E-state index in [9.17, 15) is 0 Å². The van der Waals surface area contributed by atoms with E-state index >= 15 is 0 Å². The highest BCUT2D eigenvalue weighted by Crippen LogP contribution is 2.44. The number of rotatable bonds is 5. The summed E-state index contributed by atoms with van der Waals surface area (Å²) in [5.74, 6) is 5.89. The highest BCUT2D eigenvalue weighted by Gasteiger charge is 2.30. The van der Waals surface area contributed by atoms with E-state index in [1.165, 1.54) is 77.0 Å². The monoisotopic (exact) mass is 248 g/mol. The molecule has 0 aromatic rings. The van der Waals surface area contributed by atoms with Crippen molar-refractivity contribution >= 4 is 0 Å². The van der Waals surface area contributed by atoms with Crippen LogP contribution in [0.3, 0.4) is 0 Å². The van der Waals surface area contributed by atoms with Crippen molar-refractivity contribution in [2.75, 3.05) is 0 Å². The Balaban J connectivity index is 1.67. The van der Waals surface area contributed by atoms with Crippen LogP contribution in [-0.4, -0.2) is 0 Å². The summed E-state index contributed by atoms with van der Waals surface area (Å²) in [6.45, 7) is 4.68. The SMILES string of the molecule is CCCC[C]1CCC([C]2CCC(CC)CC2)CC1. The Bertz CT molecular complexity index is 204. The first-order valence-electron chi connectivity index (χ1n) is 8.51. The highest BCUT2D eigenvalue weighted by molar-refractivity contribution is 5.05. The second-order valence-corrected chi connectivity index (χ2v) is 6.64. The molecule has 2 aliphatic carbocycles. The minimum absolute atomic E-state index is 1.01. The lowest BCUT2D eigenvalue weighted by molar-refractivity contribution is 0.286. The lowest BCUT2D eigenvalue weighted by atomic mass is 9.68. The molecule has 0 aromatic carbocycles. The lowest BCUT2D eigenvalue weighted by Gasteiger charge is -2.37. The van der Waals surface area contributed by atoms with Gasteiger partial charge in [-0.25, -0.2) is 0 Å². The summed E-state index contributed by atoms with van der Waals surface area (Å²) in [5, 5.41) is 0. The maximum absolute atomic E-state index is 2.37. The number of unbranched alkanes of at least 4 members (excludes halogenated alkanes) is 1. The molecule has 0 saturated heterocycles. The van der Waals surface area contributed by atoms with Crippen LogP contribution in [0.2, 0.25) is 0 Å². The number of hydrogen-bond acceptors (Lipinski definition) is 0. The van der Waals surface area contributed by atoms with E-state index in [0.29, 0.717) is 0 Å². The van der Waals surface area contributed by atoms with Gasteiger partial charge in [-0.3, -0.25) is 0 Å². The third-order valence-electron chi connectivity index (χ3n) is 5.48. The van der Waals surface area contributed by atoms with Crippen LogP contribution in [0.1, 0.15) is 90.9 Å². The molecule has 0 N–H and O–H groups in total. The maximum Gasteiger partial charge on any atom is -0.0210 e. The van der Waals surface area contributed by atoms with E-state index in [0.717, 1.165) is 11.8 Å². The molecule has 0 aliphatic heterocycles. The van der Waals surface area contributed by atoms with Gasteiger partial charge in [0.15, 0.2) is 0 Å². The number of hydrogen-bond donors (Lipinski definition) is 0. The smallest absolute Gasteiger partial charge is 0.0210 e. The van der Waals surface area contributed by atoms with Gasteiger partial charge in [0.05, 0.1) is 0 Å². The van der Waals surface area contributed by atoms with Crippen molar-refractivity contribution in [2.24, 2.45) is 11.8 Å². The van der Waals surface area contributed by atoms with Gasteiger partial charge in [0, 0.05) is 0 Å². The Morgan fingerprint density at radius 2 is 1.56 bits per heavy atom. The maximum atomic E-state index is 2.37. The van der Waals surface area contributed by atoms with Gasteiger partial charge >= 0.3 is 0 Å². The third-order valence-corrected chi connectivity index (χ3v) is 5.48. The fourth-order valence-electron chi connectivity index (χ4n) is 3.98. The van der Waals surface area contributed by atoms with Gasteiger partial charge in [-0.2, -0.15) is 0 Å². The first kappa shape index (κ1) is 14.4. The molecule has 0 heterocycles. The topological polar surface area (TPSA) is 0 Å². The molecule has 104 valence electrons. The summed E-state index contributed by atoms with van der Waals surface area (Å²) >= 11 is 0. The van der Waals surface area contributed by atoms with Crippen LogP contribution < -0.4 is 0 Å². The van der Waals surface area contributed by atoms with Crippen molar-refractivity contribution in [1.82, 2.24) is 0 Å². The van der Waals surface area contributed by atoms with E-state index in [-0.39, 0.29) is 0 Å². The molecule has 2 rings (SSSR count). The third kappa shape index (κ3) is 4.00. The quantitative estimate of drug-likeness (QED) is 0.550. The summed E-state index contributed by atoms with van der Waals surface area (Å²) in [6, 6.07) is 0. The highest BCUT2D eigenvalue weighted by atomic mass is 14.4. The fourth-order valence-corrected chi connectivity index (χ4v) is 3.98. The first-order chi connectivity index (χ1) is 8.83. The Morgan fingerprint density at radius 1 is 0.889 bits per heavy atom. The molecule has 2 saturated carbocycles. The largest absolute Gasteiger partial charge is 0.0654 e. The van der Waals surface area contributed by atoms with E-state index in [1.807, 2.05) is 11.8 Å². The lowest BCUT2D eigenvalue weighted by Crippen LogP contribution is -2.23. The molecule has 0 aromatic heterocycles. The van der Waals surface area contributed by atoms with Gasteiger partial charge in [-0.1, -0.05) is 33.1 Å². The fraction of sp³-hybridized carbons (Fsp3) is 0.889. The summed E-state index contributed by atoms with van der Waals surface area (Å²) in [5.41, 5.74) is 0. The van der Waals surface area contributed by atoms with E-state index in [1.54, 1.807) is 0 Å². The van der Waals surface area contributed by atoms with Gasteiger partial charge in [0.1, 0.15) is 0 Å². The van der Waals surface area contributed by atoms with Gasteiger partial charge in [-0.15, -0.1) is 0 Å². The van der Waals surface area contributed by atoms with Crippen molar-refractivity contribution in [1.29, 1.82) is 0 Å². The minimum Gasteiger partial charge on any atom is -0.0654 e. The first-order valence-corrected chi connectivity index (χ1v) is 8.51. The summed E-state index contributed by atoms with van der Waals surface area (Å²) in [4.78, 5) is 0. The van der Waals surface area contributed by atoms with Crippen molar-refractivity contribution in [3.05, 3.63) is 11.8 Å². The summed E-state index contributed by atoms with van der Waals surface area (Å²) in [6.07, 6.45) is 17.4. The van der Waals surface area contributed by atoms with Gasteiger partial charge in [-0.05, 0) is 81.5 Å². The standard InChI is InChI=1S/C18H32/c1-3-5-6-16-9-13-18(14-10-16)17-11-7-15(4-2)8-12-17/h15,18H,3-14H2,1-2H3. The molecule has 0 spiro atoms. The second kappa shape index (κ2) is 7.56. The van der Waals surface area contributed by atoms with Crippen LogP contribution in [0, 0.1) is 23.7 Å². The summed E-state index contributed by atoms with van der Waals surface area (Å²) < 4.78 is 0. The molecule has 2 fully saturated rings. The molecular weight excluding hydrogens is 216 g/mol. The Hall–Kier alpha value is 0. The molecular formula is C18H32. The molecule has 0 heteroatoms. The minimum atomic E-state index is 1.01. The average molecular weight is 248 g/mol. The van der Waals surface area contributed by atoms with Crippen LogP contribution >= 0.6 is 0 Å². The predicted octanol–water partition coefficient (Wildman–Crippen LogP) is 6.12. The van der Waals surface area contributed by atoms with E-state index < -0.39 is 0 Å². The molecule has 2 aliphatic rings. The second-order valence-electron chi connectivity index (χ2n) is 6.64. The summed E-state index contributed by atoms with van der Waals surface area (Å²) in [7, 11) is 0.